The van der Waals surface area contributed by atoms with Gasteiger partial charge in [0.15, 0.2) is 0 Å². The summed E-state index contributed by atoms with van der Waals surface area (Å²) in [5, 5.41) is 0. The molecule has 2 unspecified atom stereocenters. The average molecular weight is 271 g/mol. The van der Waals surface area contributed by atoms with Crippen LogP contribution in [0.4, 0.5) is 0 Å². The predicted octanol–water partition coefficient (Wildman–Crippen LogP) is 2.05. The molecular weight excluding hydrogens is 246 g/mol. The van der Waals surface area contributed by atoms with Gasteiger partial charge in [-0.1, -0.05) is 0 Å². The largest absolute Gasteiger partial charge is 0.464 e. The molecule has 0 fully saturated rings. The maximum Gasteiger partial charge on any atom is 0.134 e. The van der Waals surface area contributed by atoms with Gasteiger partial charge in [-0.25, -0.2) is 0 Å². The Kier molecular flexibility index (Phi) is 7.74. The smallest absolute Gasteiger partial charge is 0.134 e. The molecule has 0 bridgehead atoms. The molecule has 5 nitrogen and oxygen atoms in total. The Morgan fingerprint density at radius 2 is 2.00 bits per heavy atom. The highest BCUT2D eigenvalue weighted by Crippen LogP contribution is 2.22. The van der Waals surface area contributed by atoms with Gasteiger partial charge in [0.25, 0.3) is 0 Å². The van der Waals surface area contributed by atoms with Gasteiger partial charge in [0, 0.05) is 26.4 Å². The van der Waals surface area contributed by atoms with Crippen LogP contribution in [0.15, 0.2) is 16.5 Å². The molecule has 1 aromatic heterocycles. The van der Waals surface area contributed by atoms with Crippen LogP contribution in [-0.2, 0) is 14.2 Å². The van der Waals surface area contributed by atoms with Crippen LogP contribution < -0.4 is 5.73 Å². The van der Waals surface area contributed by atoms with Crippen molar-refractivity contribution in [1.29, 1.82) is 0 Å². The van der Waals surface area contributed by atoms with Crippen molar-refractivity contribution in [3.63, 3.8) is 0 Å². The molecular formula is C14H25NO4. The third-order valence-corrected chi connectivity index (χ3v) is 2.68. The van der Waals surface area contributed by atoms with Gasteiger partial charge in [0.05, 0.1) is 13.2 Å². The van der Waals surface area contributed by atoms with E-state index in [9.17, 15) is 0 Å². The summed E-state index contributed by atoms with van der Waals surface area (Å²) in [6.07, 6.45) is 0.625. The highest BCUT2D eigenvalue weighted by atomic mass is 16.5. The van der Waals surface area contributed by atoms with Crippen LogP contribution in [0.25, 0.3) is 0 Å². The van der Waals surface area contributed by atoms with Gasteiger partial charge in [0.2, 0.25) is 0 Å². The Morgan fingerprint density at radius 1 is 1.21 bits per heavy atom. The molecule has 0 amide bonds. The van der Waals surface area contributed by atoms with Crippen molar-refractivity contribution in [2.75, 3.05) is 33.5 Å². The fraction of sp³-hybridized carbons (Fsp3) is 0.714. The molecule has 1 aromatic rings. The monoisotopic (exact) mass is 271 g/mol. The zero-order valence-electron chi connectivity index (χ0n) is 12.1. The van der Waals surface area contributed by atoms with Crippen molar-refractivity contribution in [2.24, 2.45) is 5.73 Å². The highest BCUT2D eigenvalue weighted by molar-refractivity contribution is 5.09. The van der Waals surface area contributed by atoms with E-state index in [-0.39, 0.29) is 12.1 Å². The van der Waals surface area contributed by atoms with Crippen LogP contribution >= 0.6 is 0 Å². The van der Waals surface area contributed by atoms with E-state index in [1.54, 1.807) is 7.11 Å². The molecule has 0 saturated heterocycles. The van der Waals surface area contributed by atoms with Crippen molar-refractivity contribution in [1.82, 2.24) is 0 Å². The number of nitrogens with two attached hydrogens (primary N) is 1. The summed E-state index contributed by atoms with van der Waals surface area (Å²) in [7, 11) is 1.66. The van der Waals surface area contributed by atoms with Crippen molar-refractivity contribution in [2.45, 2.75) is 32.4 Å². The molecule has 0 aliphatic rings. The maximum absolute atomic E-state index is 5.93. The number of hydrogen-bond acceptors (Lipinski definition) is 5. The summed E-state index contributed by atoms with van der Waals surface area (Å²) < 4.78 is 21.6. The van der Waals surface area contributed by atoms with Crippen LogP contribution in [0, 0.1) is 6.92 Å². The van der Waals surface area contributed by atoms with Gasteiger partial charge in [-0.2, -0.15) is 0 Å². The second-order valence-corrected chi connectivity index (χ2v) is 4.56. The van der Waals surface area contributed by atoms with Gasteiger partial charge in [-0.05, 0) is 32.4 Å². The summed E-state index contributed by atoms with van der Waals surface area (Å²) in [5.74, 6) is 1.65. The zero-order valence-corrected chi connectivity index (χ0v) is 12.1. The van der Waals surface area contributed by atoms with Gasteiger partial charge >= 0.3 is 0 Å². The maximum atomic E-state index is 5.93. The lowest BCUT2D eigenvalue weighted by atomic mass is 10.1. The second kappa shape index (κ2) is 9.09. The molecule has 0 aliphatic carbocycles. The SMILES string of the molecule is COCCOCCCOC(c1ccc(C)o1)C(C)N. The molecule has 0 aliphatic heterocycles. The molecule has 1 heterocycles. The standard InChI is InChI=1S/C14H25NO4/c1-11-5-6-13(19-11)14(12(2)15)18-8-4-7-17-10-9-16-3/h5-6,12,14H,4,7-10,15H2,1-3H3. The van der Waals surface area contributed by atoms with E-state index >= 15 is 0 Å². The normalized spacial score (nSPS) is 14.5. The Labute approximate surface area is 115 Å². The van der Waals surface area contributed by atoms with Crippen molar-refractivity contribution >= 4 is 0 Å². The molecule has 5 heteroatoms. The van der Waals surface area contributed by atoms with Gasteiger partial charge in [0.1, 0.15) is 17.6 Å². The minimum atomic E-state index is -0.201. The Balaban J connectivity index is 2.24. The first-order chi connectivity index (χ1) is 9.15. The van der Waals surface area contributed by atoms with E-state index in [0.717, 1.165) is 17.9 Å². The Bertz CT molecular complexity index is 338. The summed E-state index contributed by atoms with van der Waals surface area (Å²) in [6.45, 7) is 6.31. The van der Waals surface area contributed by atoms with Crippen LogP contribution in [0.1, 0.15) is 31.0 Å². The average Bonchev–Trinajstić information content (AvgIpc) is 2.78. The van der Waals surface area contributed by atoms with Gasteiger partial charge in [-0.15, -0.1) is 0 Å². The van der Waals surface area contributed by atoms with Crippen LogP contribution in [-0.4, -0.2) is 39.6 Å². The fourth-order valence-electron chi connectivity index (χ4n) is 1.71. The zero-order chi connectivity index (χ0) is 14.1. The number of hydrogen-bond donors (Lipinski definition) is 1. The summed E-state index contributed by atoms with van der Waals surface area (Å²) in [4.78, 5) is 0. The molecule has 0 saturated carbocycles. The van der Waals surface area contributed by atoms with Gasteiger partial charge in [-0.3, -0.25) is 0 Å². The number of ether oxygens (including phenoxy) is 3. The van der Waals surface area contributed by atoms with Crippen molar-refractivity contribution < 1.29 is 18.6 Å². The van der Waals surface area contributed by atoms with E-state index < -0.39 is 0 Å². The minimum absolute atomic E-state index is 0.111. The molecule has 110 valence electrons. The molecule has 2 N–H and O–H groups in total. The number of methoxy groups -OCH3 is 1. The molecule has 2 atom stereocenters. The minimum Gasteiger partial charge on any atom is -0.464 e. The molecule has 19 heavy (non-hydrogen) atoms. The lowest BCUT2D eigenvalue weighted by Gasteiger charge is -2.19. The van der Waals surface area contributed by atoms with Crippen LogP contribution in [0.5, 0.6) is 0 Å². The molecule has 1 rings (SSSR count). The van der Waals surface area contributed by atoms with Crippen molar-refractivity contribution in [3.8, 4) is 0 Å². The third kappa shape index (κ3) is 6.20. The molecule has 0 aromatic carbocycles. The first-order valence-corrected chi connectivity index (χ1v) is 6.65. The quantitative estimate of drug-likeness (QED) is 0.660. The number of aryl methyl sites for hydroxylation is 1. The summed E-state index contributed by atoms with van der Waals surface area (Å²) in [5.41, 5.74) is 5.93. The van der Waals surface area contributed by atoms with Crippen molar-refractivity contribution in [3.05, 3.63) is 23.7 Å². The van der Waals surface area contributed by atoms with Crippen LogP contribution in [0.3, 0.4) is 0 Å². The third-order valence-electron chi connectivity index (χ3n) is 2.68. The Hall–Kier alpha value is -0.880. The number of rotatable bonds is 10. The van der Waals surface area contributed by atoms with E-state index in [0.29, 0.717) is 26.4 Å². The second-order valence-electron chi connectivity index (χ2n) is 4.56. The molecule has 0 radical (unpaired) electrons. The van der Waals surface area contributed by atoms with Crippen LogP contribution in [0.2, 0.25) is 0 Å². The lowest BCUT2D eigenvalue weighted by Crippen LogP contribution is -2.27. The number of furan rings is 1. The van der Waals surface area contributed by atoms with Gasteiger partial charge < -0.3 is 24.4 Å². The first kappa shape index (κ1) is 16.2. The van der Waals surface area contributed by atoms with E-state index in [1.807, 2.05) is 26.0 Å². The first-order valence-electron chi connectivity index (χ1n) is 6.65. The highest BCUT2D eigenvalue weighted by Gasteiger charge is 2.20. The van der Waals surface area contributed by atoms with E-state index in [1.165, 1.54) is 0 Å². The summed E-state index contributed by atoms with van der Waals surface area (Å²) in [6, 6.07) is 3.72. The molecule has 0 spiro atoms. The lowest BCUT2D eigenvalue weighted by molar-refractivity contribution is 0.00436. The topological polar surface area (TPSA) is 66.8 Å². The Morgan fingerprint density at radius 3 is 2.58 bits per heavy atom. The predicted molar refractivity (Wildman–Crippen MR) is 73.1 cm³/mol. The summed E-state index contributed by atoms with van der Waals surface area (Å²) >= 11 is 0. The van der Waals surface area contributed by atoms with E-state index in [4.69, 9.17) is 24.4 Å². The van der Waals surface area contributed by atoms with E-state index in [2.05, 4.69) is 0 Å². The fourth-order valence-corrected chi connectivity index (χ4v) is 1.71.